The smallest absolute Gasteiger partial charge is 0.257 e. The van der Waals surface area contributed by atoms with Gasteiger partial charge in [0.1, 0.15) is 12.8 Å². The maximum Gasteiger partial charge on any atom is 0.257 e. The highest BCUT2D eigenvalue weighted by Crippen LogP contribution is 2.49. The number of benzene rings is 3. The van der Waals surface area contributed by atoms with Gasteiger partial charge in [-0.1, -0.05) is 43.2 Å². The first-order chi connectivity index (χ1) is 13.7. The number of pyridine rings is 1. The van der Waals surface area contributed by atoms with Crippen LogP contribution in [0, 0.1) is 6.92 Å². The average molecular weight is 366 g/mol. The summed E-state index contributed by atoms with van der Waals surface area (Å²) in [5.41, 5.74) is 5.27. The van der Waals surface area contributed by atoms with E-state index >= 15 is 0 Å². The zero-order valence-electron chi connectivity index (χ0n) is 16.5. The maximum absolute atomic E-state index is 6.60. The summed E-state index contributed by atoms with van der Waals surface area (Å²) in [5, 5.41) is 4.95. The van der Waals surface area contributed by atoms with Gasteiger partial charge in [-0.3, -0.25) is 0 Å². The van der Waals surface area contributed by atoms with Gasteiger partial charge in [-0.25, -0.2) is 0 Å². The molecule has 1 aromatic heterocycles. The molecule has 0 unspecified atom stereocenters. The van der Waals surface area contributed by atoms with Gasteiger partial charge in [-0.2, -0.15) is 4.57 Å². The fourth-order valence-corrected chi connectivity index (χ4v) is 5.30. The van der Waals surface area contributed by atoms with Crippen molar-refractivity contribution in [3.05, 3.63) is 65.9 Å². The standard InChI is InChI=1S/C26H24NO/c1-16-10-11-18-8-5-9-22-24(18)23(16)25-26(28-22)21-14-19(17-6-3-4-7-17)12-13-20(21)15-27(25)2/h5,8-15,17H,3-4,6-7H2,1-2H3/q+1. The molecular weight excluding hydrogens is 342 g/mol. The van der Waals surface area contributed by atoms with Crippen molar-refractivity contribution < 1.29 is 9.30 Å². The van der Waals surface area contributed by atoms with Gasteiger partial charge < -0.3 is 4.74 Å². The number of ether oxygens (including phenoxy) is 1. The van der Waals surface area contributed by atoms with E-state index in [1.165, 1.54) is 69.6 Å². The van der Waals surface area contributed by atoms with Crippen molar-refractivity contribution in [3.63, 3.8) is 0 Å². The van der Waals surface area contributed by atoms with Crippen molar-refractivity contribution in [2.75, 3.05) is 0 Å². The van der Waals surface area contributed by atoms with Gasteiger partial charge in [-0.05, 0) is 60.4 Å². The van der Waals surface area contributed by atoms with E-state index in [2.05, 4.69) is 73.3 Å². The molecule has 2 aliphatic rings. The Kier molecular flexibility index (Phi) is 3.35. The molecular formula is C26H24NO+. The fraction of sp³-hybridized carbons (Fsp3) is 0.269. The Bertz CT molecular complexity index is 1260. The molecule has 2 nitrogen and oxygen atoms in total. The van der Waals surface area contributed by atoms with E-state index < -0.39 is 0 Å². The largest absolute Gasteiger partial charge is 0.449 e. The predicted octanol–water partition coefficient (Wildman–Crippen LogP) is 6.56. The number of nitrogens with zero attached hydrogens (tertiary/aromatic N) is 1. The van der Waals surface area contributed by atoms with Gasteiger partial charge in [0.05, 0.1) is 5.56 Å². The predicted molar refractivity (Wildman–Crippen MR) is 114 cm³/mol. The molecule has 4 aromatic rings. The van der Waals surface area contributed by atoms with Gasteiger partial charge in [0.15, 0.2) is 6.20 Å². The van der Waals surface area contributed by atoms with Crippen LogP contribution < -0.4 is 9.30 Å². The van der Waals surface area contributed by atoms with E-state index in [9.17, 15) is 0 Å². The number of hydrogen-bond acceptors (Lipinski definition) is 1. The lowest BCUT2D eigenvalue weighted by molar-refractivity contribution is -0.659. The second kappa shape index (κ2) is 5.81. The summed E-state index contributed by atoms with van der Waals surface area (Å²) in [5.74, 6) is 2.69. The minimum Gasteiger partial charge on any atom is -0.449 e. The van der Waals surface area contributed by atoms with E-state index in [1.807, 2.05) is 0 Å². The molecule has 6 rings (SSSR count). The van der Waals surface area contributed by atoms with E-state index in [0.29, 0.717) is 5.92 Å². The average Bonchev–Trinajstić information content (AvgIpc) is 3.25. The van der Waals surface area contributed by atoms with Crippen LogP contribution in [0.25, 0.3) is 32.8 Å². The highest BCUT2D eigenvalue weighted by molar-refractivity contribution is 6.06. The Morgan fingerprint density at radius 3 is 2.64 bits per heavy atom. The summed E-state index contributed by atoms with van der Waals surface area (Å²) in [6.45, 7) is 2.21. The van der Waals surface area contributed by atoms with Crippen molar-refractivity contribution >= 4 is 21.5 Å². The summed E-state index contributed by atoms with van der Waals surface area (Å²) < 4.78 is 8.84. The number of hydrogen-bond donors (Lipinski definition) is 0. The molecule has 0 bridgehead atoms. The van der Waals surface area contributed by atoms with Crippen LogP contribution in [-0.2, 0) is 7.05 Å². The van der Waals surface area contributed by atoms with Gasteiger partial charge in [0.2, 0.25) is 5.75 Å². The zero-order chi connectivity index (χ0) is 18.8. The lowest BCUT2D eigenvalue weighted by Gasteiger charge is -2.22. The van der Waals surface area contributed by atoms with Crippen molar-refractivity contribution in [2.45, 2.75) is 38.5 Å². The van der Waals surface area contributed by atoms with Crippen LogP contribution in [0.3, 0.4) is 0 Å². The van der Waals surface area contributed by atoms with Crippen LogP contribution >= 0.6 is 0 Å². The van der Waals surface area contributed by atoms with Crippen LogP contribution in [0.1, 0.15) is 42.7 Å². The molecule has 1 aliphatic heterocycles. The normalized spacial score (nSPS) is 15.8. The Hall–Kier alpha value is -2.87. The minimum atomic E-state index is 0.704. The van der Waals surface area contributed by atoms with Crippen molar-refractivity contribution in [2.24, 2.45) is 7.05 Å². The van der Waals surface area contributed by atoms with Crippen LogP contribution in [0.15, 0.2) is 54.7 Å². The highest BCUT2D eigenvalue weighted by atomic mass is 16.5. The molecule has 1 fully saturated rings. The van der Waals surface area contributed by atoms with Crippen LogP contribution in [-0.4, -0.2) is 0 Å². The second-order valence-electron chi connectivity index (χ2n) is 8.46. The molecule has 28 heavy (non-hydrogen) atoms. The summed E-state index contributed by atoms with van der Waals surface area (Å²) >= 11 is 0. The number of aryl methyl sites for hydroxylation is 2. The molecule has 0 amide bonds. The molecule has 1 aliphatic carbocycles. The lowest BCUT2D eigenvalue weighted by atomic mass is 9.91. The van der Waals surface area contributed by atoms with Gasteiger partial charge in [-0.15, -0.1) is 0 Å². The van der Waals surface area contributed by atoms with Crippen molar-refractivity contribution in [1.82, 2.24) is 0 Å². The Labute approximate surface area is 165 Å². The van der Waals surface area contributed by atoms with E-state index in [1.54, 1.807) is 0 Å². The minimum absolute atomic E-state index is 0.704. The van der Waals surface area contributed by atoms with Crippen LogP contribution in [0.4, 0.5) is 0 Å². The molecule has 0 spiro atoms. The SMILES string of the molecule is Cc1ccc2cccc3c2c1-c1c(c2cc(C4CCCC4)ccc2c[n+]1C)O3. The molecule has 2 heteroatoms. The summed E-state index contributed by atoms with van der Waals surface area (Å²) in [6.07, 6.45) is 7.60. The molecule has 2 heterocycles. The van der Waals surface area contributed by atoms with E-state index in [4.69, 9.17) is 4.74 Å². The third-order valence-corrected chi connectivity index (χ3v) is 6.71. The van der Waals surface area contributed by atoms with E-state index in [0.717, 1.165) is 11.5 Å². The number of aromatic nitrogens is 1. The van der Waals surface area contributed by atoms with E-state index in [-0.39, 0.29) is 0 Å². The fourth-order valence-electron chi connectivity index (χ4n) is 5.30. The lowest BCUT2D eigenvalue weighted by Crippen LogP contribution is -2.32. The summed E-state index contributed by atoms with van der Waals surface area (Å²) in [7, 11) is 2.14. The third kappa shape index (κ3) is 2.18. The monoisotopic (exact) mass is 366 g/mol. The Balaban J connectivity index is 1.70. The van der Waals surface area contributed by atoms with Crippen LogP contribution in [0.5, 0.6) is 11.5 Å². The molecule has 3 aromatic carbocycles. The number of rotatable bonds is 1. The van der Waals surface area contributed by atoms with Gasteiger partial charge in [0, 0.05) is 16.2 Å². The molecule has 0 N–H and O–H groups in total. The highest BCUT2D eigenvalue weighted by Gasteiger charge is 2.31. The maximum atomic E-state index is 6.60. The first-order valence-electron chi connectivity index (χ1n) is 10.4. The molecule has 0 radical (unpaired) electrons. The molecule has 0 saturated heterocycles. The molecule has 1 saturated carbocycles. The molecule has 138 valence electrons. The Morgan fingerprint density at radius 2 is 1.79 bits per heavy atom. The van der Waals surface area contributed by atoms with Gasteiger partial charge >= 0.3 is 0 Å². The molecule has 0 atom stereocenters. The first kappa shape index (κ1) is 16.1. The zero-order valence-corrected chi connectivity index (χ0v) is 16.5. The van der Waals surface area contributed by atoms with Crippen molar-refractivity contribution in [3.8, 4) is 22.8 Å². The van der Waals surface area contributed by atoms with Crippen LogP contribution in [0.2, 0.25) is 0 Å². The third-order valence-electron chi connectivity index (χ3n) is 6.71. The topological polar surface area (TPSA) is 13.1 Å². The Morgan fingerprint density at radius 1 is 0.964 bits per heavy atom. The summed E-state index contributed by atoms with van der Waals surface area (Å²) in [4.78, 5) is 0. The quantitative estimate of drug-likeness (QED) is 0.306. The first-order valence-corrected chi connectivity index (χ1v) is 10.4. The van der Waals surface area contributed by atoms with Gasteiger partial charge in [0.25, 0.3) is 5.69 Å². The number of fused-ring (bicyclic) bond motifs is 4. The second-order valence-corrected chi connectivity index (χ2v) is 8.46. The summed E-state index contributed by atoms with van der Waals surface area (Å²) in [6, 6.07) is 17.8. The van der Waals surface area contributed by atoms with Crippen molar-refractivity contribution in [1.29, 1.82) is 0 Å².